The fourth-order valence-electron chi connectivity index (χ4n) is 1.79. The summed E-state index contributed by atoms with van der Waals surface area (Å²) < 4.78 is 4.66. The Bertz CT molecular complexity index is 564. The van der Waals surface area contributed by atoms with Crippen LogP contribution in [0.15, 0.2) is 30.5 Å². The number of rotatable bonds is 6. The van der Waals surface area contributed by atoms with E-state index in [2.05, 4.69) is 34.1 Å². The van der Waals surface area contributed by atoms with Crippen molar-refractivity contribution in [2.75, 3.05) is 12.4 Å². The van der Waals surface area contributed by atoms with Gasteiger partial charge in [-0.05, 0) is 30.5 Å². The Morgan fingerprint density at radius 1 is 1.35 bits per heavy atom. The van der Waals surface area contributed by atoms with Gasteiger partial charge < -0.3 is 10.1 Å². The molecule has 2 aromatic rings. The molecule has 0 fully saturated rings. The maximum absolute atomic E-state index is 11.3. The van der Waals surface area contributed by atoms with Crippen molar-refractivity contribution in [3.05, 3.63) is 40.9 Å². The molecule has 1 aromatic carbocycles. The molecule has 20 heavy (non-hydrogen) atoms. The molecule has 0 saturated heterocycles. The zero-order valence-electron chi connectivity index (χ0n) is 11.7. The van der Waals surface area contributed by atoms with Crippen LogP contribution in [0.1, 0.15) is 35.0 Å². The Balaban J connectivity index is 1.99. The molecular formula is C15H18N2O2S. The molecule has 2 rings (SSSR count). The summed E-state index contributed by atoms with van der Waals surface area (Å²) in [5.41, 5.74) is 2.31. The van der Waals surface area contributed by atoms with E-state index in [-0.39, 0.29) is 5.97 Å². The fraction of sp³-hybridized carbons (Fsp3) is 0.333. The lowest BCUT2D eigenvalue weighted by atomic mass is 10.1. The number of benzene rings is 1. The molecule has 0 spiro atoms. The van der Waals surface area contributed by atoms with Crippen molar-refractivity contribution in [3.8, 4) is 0 Å². The van der Waals surface area contributed by atoms with Crippen molar-refractivity contribution < 1.29 is 9.53 Å². The van der Waals surface area contributed by atoms with Crippen LogP contribution in [0.3, 0.4) is 0 Å². The number of nitrogens with zero attached hydrogens (tertiary/aromatic N) is 1. The van der Waals surface area contributed by atoms with Crippen molar-refractivity contribution in [2.45, 2.75) is 26.2 Å². The Morgan fingerprint density at radius 3 is 2.75 bits per heavy atom. The molecule has 106 valence electrons. The van der Waals surface area contributed by atoms with E-state index in [0.29, 0.717) is 10.0 Å². The van der Waals surface area contributed by atoms with E-state index in [0.717, 1.165) is 12.1 Å². The second-order valence-corrected chi connectivity index (χ2v) is 5.48. The van der Waals surface area contributed by atoms with Crippen LogP contribution in [0, 0.1) is 0 Å². The number of unbranched alkanes of at least 4 members (excludes halogenated alkanes) is 1. The number of nitrogens with one attached hydrogen (secondary N) is 1. The molecule has 0 bridgehead atoms. The lowest BCUT2D eigenvalue weighted by Gasteiger charge is -2.04. The quantitative estimate of drug-likeness (QED) is 0.816. The summed E-state index contributed by atoms with van der Waals surface area (Å²) in [5, 5.41) is 3.87. The molecule has 0 amide bonds. The van der Waals surface area contributed by atoms with Crippen LogP contribution in [-0.4, -0.2) is 18.1 Å². The summed E-state index contributed by atoms with van der Waals surface area (Å²) >= 11 is 1.28. The van der Waals surface area contributed by atoms with Gasteiger partial charge >= 0.3 is 5.97 Å². The summed E-state index contributed by atoms with van der Waals surface area (Å²) in [6.07, 6.45) is 5.05. The van der Waals surface area contributed by atoms with Crippen molar-refractivity contribution in [2.24, 2.45) is 0 Å². The van der Waals surface area contributed by atoms with Gasteiger partial charge in [0.2, 0.25) is 0 Å². The van der Waals surface area contributed by atoms with Crippen LogP contribution >= 0.6 is 11.3 Å². The van der Waals surface area contributed by atoms with Gasteiger partial charge in [-0.2, -0.15) is 0 Å². The number of aryl methyl sites for hydroxylation is 1. The zero-order chi connectivity index (χ0) is 14.4. The number of carbonyl (C=O) groups is 1. The summed E-state index contributed by atoms with van der Waals surface area (Å²) in [6, 6.07) is 8.30. The first-order valence-electron chi connectivity index (χ1n) is 6.63. The Kier molecular flexibility index (Phi) is 5.12. The molecule has 0 aliphatic carbocycles. The van der Waals surface area contributed by atoms with Crippen molar-refractivity contribution >= 4 is 28.1 Å². The van der Waals surface area contributed by atoms with Crippen LogP contribution in [0.4, 0.5) is 10.8 Å². The minimum Gasteiger partial charge on any atom is -0.465 e. The fourth-order valence-corrected chi connectivity index (χ4v) is 2.54. The van der Waals surface area contributed by atoms with Crippen LogP contribution in [0.25, 0.3) is 0 Å². The van der Waals surface area contributed by atoms with Gasteiger partial charge in [0, 0.05) is 5.69 Å². The average molecular weight is 290 g/mol. The monoisotopic (exact) mass is 290 g/mol. The van der Waals surface area contributed by atoms with E-state index in [1.54, 1.807) is 0 Å². The SMILES string of the molecule is CCCCc1ccc(Nc2ncc(C(=O)OC)s2)cc1. The highest BCUT2D eigenvalue weighted by molar-refractivity contribution is 7.17. The molecule has 0 aliphatic rings. The second-order valence-electron chi connectivity index (χ2n) is 4.45. The van der Waals surface area contributed by atoms with Gasteiger partial charge in [0.05, 0.1) is 13.3 Å². The van der Waals surface area contributed by atoms with Crippen LogP contribution in [0.5, 0.6) is 0 Å². The highest BCUT2D eigenvalue weighted by Crippen LogP contribution is 2.23. The van der Waals surface area contributed by atoms with E-state index < -0.39 is 0 Å². The molecule has 5 heteroatoms. The van der Waals surface area contributed by atoms with Crippen LogP contribution in [-0.2, 0) is 11.2 Å². The van der Waals surface area contributed by atoms with Gasteiger partial charge in [0.25, 0.3) is 0 Å². The standard InChI is InChI=1S/C15H18N2O2S/c1-3-4-5-11-6-8-12(9-7-11)17-15-16-10-13(20-15)14(18)19-2/h6-10H,3-5H2,1-2H3,(H,16,17). The Labute approximate surface area is 122 Å². The lowest BCUT2D eigenvalue weighted by molar-refractivity contribution is 0.0606. The number of anilines is 2. The van der Waals surface area contributed by atoms with Crippen molar-refractivity contribution in [1.29, 1.82) is 0 Å². The van der Waals surface area contributed by atoms with Crippen LogP contribution in [0.2, 0.25) is 0 Å². The molecule has 0 radical (unpaired) electrons. The Hall–Kier alpha value is -1.88. The lowest BCUT2D eigenvalue weighted by Crippen LogP contribution is -1.96. The van der Waals surface area contributed by atoms with Gasteiger partial charge in [0.15, 0.2) is 5.13 Å². The van der Waals surface area contributed by atoms with Gasteiger partial charge in [-0.15, -0.1) is 0 Å². The van der Waals surface area contributed by atoms with Crippen LogP contribution < -0.4 is 5.32 Å². The molecule has 0 unspecified atom stereocenters. The van der Waals surface area contributed by atoms with Gasteiger partial charge in [-0.25, -0.2) is 9.78 Å². The number of carbonyl (C=O) groups excluding carboxylic acids is 1. The maximum atomic E-state index is 11.3. The highest BCUT2D eigenvalue weighted by Gasteiger charge is 2.10. The minimum absolute atomic E-state index is 0.356. The van der Waals surface area contributed by atoms with E-state index >= 15 is 0 Å². The molecule has 4 nitrogen and oxygen atoms in total. The predicted octanol–water partition coefficient (Wildman–Crippen LogP) is 4.02. The number of esters is 1. The molecule has 1 N–H and O–H groups in total. The van der Waals surface area contributed by atoms with Crippen molar-refractivity contribution in [3.63, 3.8) is 0 Å². The number of hydrogen-bond acceptors (Lipinski definition) is 5. The number of methoxy groups -OCH3 is 1. The molecule has 1 heterocycles. The maximum Gasteiger partial charge on any atom is 0.349 e. The highest BCUT2D eigenvalue weighted by atomic mass is 32.1. The smallest absolute Gasteiger partial charge is 0.349 e. The Morgan fingerprint density at radius 2 is 2.10 bits per heavy atom. The number of aromatic nitrogens is 1. The molecular weight excluding hydrogens is 272 g/mol. The number of ether oxygens (including phenoxy) is 1. The minimum atomic E-state index is -0.356. The zero-order valence-corrected chi connectivity index (χ0v) is 12.5. The van der Waals surface area contributed by atoms with E-state index in [1.165, 1.54) is 43.0 Å². The molecule has 0 atom stereocenters. The largest absolute Gasteiger partial charge is 0.465 e. The van der Waals surface area contributed by atoms with Gasteiger partial charge in [0.1, 0.15) is 4.88 Å². The molecule has 0 saturated carbocycles. The first-order valence-corrected chi connectivity index (χ1v) is 7.44. The summed E-state index contributed by atoms with van der Waals surface area (Å²) in [5.74, 6) is -0.356. The topological polar surface area (TPSA) is 51.2 Å². The summed E-state index contributed by atoms with van der Waals surface area (Å²) in [4.78, 5) is 16.0. The van der Waals surface area contributed by atoms with Gasteiger partial charge in [-0.3, -0.25) is 0 Å². The molecule has 0 aliphatic heterocycles. The third kappa shape index (κ3) is 3.81. The second kappa shape index (κ2) is 7.05. The van der Waals surface area contributed by atoms with Crippen molar-refractivity contribution in [1.82, 2.24) is 4.98 Å². The average Bonchev–Trinajstić information content (AvgIpc) is 2.94. The third-order valence-corrected chi connectivity index (χ3v) is 3.81. The van der Waals surface area contributed by atoms with E-state index in [4.69, 9.17) is 0 Å². The van der Waals surface area contributed by atoms with E-state index in [1.807, 2.05) is 12.1 Å². The third-order valence-electron chi connectivity index (χ3n) is 2.92. The summed E-state index contributed by atoms with van der Waals surface area (Å²) in [7, 11) is 1.37. The first kappa shape index (κ1) is 14.5. The van der Waals surface area contributed by atoms with E-state index in [9.17, 15) is 4.79 Å². The molecule has 1 aromatic heterocycles. The normalized spacial score (nSPS) is 10.3. The number of thiazole rings is 1. The van der Waals surface area contributed by atoms with Gasteiger partial charge in [-0.1, -0.05) is 36.8 Å². The number of hydrogen-bond donors (Lipinski definition) is 1. The predicted molar refractivity (Wildman–Crippen MR) is 81.8 cm³/mol. The summed E-state index contributed by atoms with van der Waals surface area (Å²) in [6.45, 7) is 2.19. The first-order chi connectivity index (χ1) is 9.72.